The second-order valence-corrected chi connectivity index (χ2v) is 6.26. The van der Waals surface area contributed by atoms with E-state index >= 15 is 0 Å². The first kappa shape index (κ1) is 13.4. The van der Waals surface area contributed by atoms with Crippen molar-refractivity contribution < 1.29 is 4.74 Å². The van der Waals surface area contributed by atoms with Crippen LogP contribution in [0.3, 0.4) is 0 Å². The molecule has 2 fully saturated rings. The Balaban J connectivity index is 2.02. The Bertz CT molecular complexity index is 235. The molecule has 0 aliphatic heterocycles. The SMILES string of the molecule is CCOC1(C(N)C2CCCC(C)C2)CCCC1. The summed E-state index contributed by atoms with van der Waals surface area (Å²) in [7, 11) is 0. The van der Waals surface area contributed by atoms with Gasteiger partial charge in [0.2, 0.25) is 0 Å². The minimum atomic E-state index is 0.0243. The Hall–Kier alpha value is -0.0800. The molecule has 2 rings (SSSR count). The minimum Gasteiger partial charge on any atom is -0.374 e. The molecule has 2 aliphatic carbocycles. The van der Waals surface area contributed by atoms with E-state index in [0.29, 0.717) is 5.92 Å². The Morgan fingerprint density at radius 1 is 1.24 bits per heavy atom. The summed E-state index contributed by atoms with van der Waals surface area (Å²) in [4.78, 5) is 0. The molecule has 3 atom stereocenters. The van der Waals surface area contributed by atoms with E-state index in [4.69, 9.17) is 10.5 Å². The molecule has 0 aromatic heterocycles. The maximum absolute atomic E-state index is 6.61. The van der Waals surface area contributed by atoms with Crippen LogP contribution in [0.5, 0.6) is 0 Å². The molecule has 2 N–H and O–H groups in total. The number of rotatable bonds is 4. The topological polar surface area (TPSA) is 35.2 Å². The molecule has 2 aliphatic rings. The van der Waals surface area contributed by atoms with Crippen molar-refractivity contribution in [3.05, 3.63) is 0 Å². The fraction of sp³-hybridized carbons (Fsp3) is 1.00. The van der Waals surface area contributed by atoms with Gasteiger partial charge in [0.1, 0.15) is 0 Å². The Morgan fingerprint density at radius 3 is 2.53 bits per heavy atom. The summed E-state index contributed by atoms with van der Waals surface area (Å²) >= 11 is 0. The average Bonchev–Trinajstić information content (AvgIpc) is 2.78. The summed E-state index contributed by atoms with van der Waals surface area (Å²) in [5.74, 6) is 1.56. The van der Waals surface area contributed by atoms with Crippen molar-refractivity contribution in [3.8, 4) is 0 Å². The van der Waals surface area contributed by atoms with Gasteiger partial charge < -0.3 is 10.5 Å². The van der Waals surface area contributed by atoms with Gasteiger partial charge in [-0.1, -0.05) is 32.6 Å². The maximum Gasteiger partial charge on any atom is 0.0835 e. The van der Waals surface area contributed by atoms with Crippen molar-refractivity contribution in [1.29, 1.82) is 0 Å². The largest absolute Gasteiger partial charge is 0.374 e. The standard InChI is InChI=1S/C15H29NO/c1-3-17-15(9-4-5-10-15)14(16)13-8-6-7-12(2)11-13/h12-14H,3-11,16H2,1-2H3. The molecule has 2 saturated carbocycles. The number of hydrogen-bond acceptors (Lipinski definition) is 2. The molecule has 0 amide bonds. The Kier molecular flexibility index (Phi) is 4.48. The summed E-state index contributed by atoms with van der Waals surface area (Å²) < 4.78 is 6.12. The monoisotopic (exact) mass is 239 g/mol. The van der Waals surface area contributed by atoms with E-state index < -0.39 is 0 Å². The summed E-state index contributed by atoms with van der Waals surface area (Å²) in [6, 6.07) is 0.271. The van der Waals surface area contributed by atoms with Crippen molar-refractivity contribution in [1.82, 2.24) is 0 Å². The van der Waals surface area contributed by atoms with E-state index in [1.165, 1.54) is 51.4 Å². The van der Waals surface area contributed by atoms with Gasteiger partial charge in [0, 0.05) is 12.6 Å². The highest BCUT2D eigenvalue weighted by molar-refractivity contribution is 4.99. The molecule has 3 unspecified atom stereocenters. The molecule has 2 nitrogen and oxygen atoms in total. The lowest BCUT2D eigenvalue weighted by molar-refractivity contribution is -0.0704. The van der Waals surface area contributed by atoms with Crippen LogP contribution in [0.2, 0.25) is 0 Å². The van der Waals surface area contributed by atoms with Gasteiger partial charge in [-0.05, 0) is 44.4 Å². The molecule has 0 aromatic rings. The third kappa shape index (κ3) is 2.85. The molecule has 0 saturated heterocycles. The Labute approximate surface area is 106 Å². The molecular weight excluding hydrogens is 210 g/mol. The van der Waals surface area contributed by atoms with E-state index in [1.807, 2.05) is 0 Å². The van der Waals surface area contributed by atoms with Crippen LogP contribution in [0.1, 0.15) is 65.2 Å². The van der Waals surface area contributed by atoms with Gasteiger partial charge >= 0.3 is 0 Å². The van der Waals surface area contributed by atoms with Crippen LogP contribution in [-0.4, -0.2) is 18.2 Å². The van der Waals surface area contributed by atoms with Gasteiger partial charge in [0.25, 0.3) is 0 Å². The first-order valence-electron chi connectivity index (χ1n) is 7.57. The van der Waals surface area contributed by atoms with Gasteiger partial charge in [-0.15, -0.1) is 0 Å². The maximum atomic E-state index is 6.61. The van der Waals surface area contributed by atoms with Crippen LogP contribution < -0.4 is 5.73 Å². The zero-order valence-corrected chi connectivity index (χ0v) is 11.6. The third-order valence-electron chi connectivity index (χ3n) is 4.97. The van der Waals surface area contributed by atoms with Crippen LogP contribution in [0.15, 0.2) is 0 Å². The van der Waals surface area contributed by atoms with E-state index in [-0.39, 0.29) is 11.6 Å². The molecule has 0 bridgehead atoms. The highest BCUT2D eigenvalue weighted by Crippen LogP contribution is 2.42. The van der Waals surface area contributed by atoms with Gasteiger partial charge in [0.05, 0.1) is 5.60 Å². The van der Waals surface area contributed by atoms with Crippen molar-refractivity contribution in [2.45, 2.75) is 76.9 Å². The fourth-order valence-corrected chi connectivity index (χ4v) is 4.07. The van der Waals surface area contributed by atoms with Crippen LogP contribution in [0, 0.1) is 11.8 Å². The zero-order chi connectivity index (χ0) is 12.3. The number of hydrogen-bond donors (Lipinski definition) is 1. The number of nitrogens with two attached hydrogens (primary N) is 1. The normalized spacial score (nSPS) is 34.8. The van der Waals surface area contributed by atoms with E-state index in [0.717, 1.165) is 12.5 Å². The van der Waals surface area contributed by atoms with Gasteiger partial charge in [-0.25, -0.2) is 0 Å². The minimum absolute atomic E-state index is 0.0243. The molecule has 0 aromatic carbocycles. The van der Waals surface area contributed by atoms with Gasteiger partial charge in [-0.2, -0.15) is 0 Å². The third-order valence-corrected chi connectivity index (χ3v) is 4.97. The molecule has 0 heterocycles. The predicted octanol–water partition coefficient (Wildman–Crippen LogP) is 3.49. The van der Waals surface area contributed by atoms with Gasteiger partial charge in [0.15, 0.2) is 0 Å². The molecule has 2 heteroatoms. The van der Waals surface area contributed by atoms with Crippen molar-refractivity contribution in [3.63, 3.8) is 0 Å². The first-order valence-corrected chi connectivity index (χ1v) is 7.57. The summed E-state index contributed by atoms with van der Waals surface area (Å²) in [5, 5.41) is 0. The van der Waals surface area contributed by atoms with Crippen LogP contribution >= 0.6 is 0 Å². The summed E-state index contributed by atoms with van der Waals surface area (Å²) in [6.45, 7) is 5.30. The summed E-state index contributed by atoms with van der Waals surface area (Å²) in [5.41, 5.74) is 6.64. The van der Waals surface area contributed by atoms with Crippen LogP contribution in [-0.2, 0) is 4.74 Å². The lowest BCUT2D eigenvalue weighted by Gasteiger charge is -2.42. The molecular formula is C15H29NO. The highest BCUT2D eigenvalue weighted by atomic mass is 16.5. The summed E-state index contributed by atoms with van der Waals surface area (Å²) in [6.07, 6.45) is 10.4. The molecule has 17 heavy (non-hydrogen) atoms. The van der Waals surface area contributed by atoms with Crippen molar-refractivity contribution in [2.75, 3.05) is 6.61 Å². The Morgan fingerprint density at radius 2 is 1.94 bits per heavy atom. The van der Waals surface area contributed by atoms with Gasteiger partial charge in [-0.3, -0.25) is 0 Å². The van der Waals surface area contributed by atoms with E-state index in [2.05, 4.69) is 13.8 Å². The smallest absolute Gasteiger partial charge is 0.0835 e. The number of ether oxygens (including phenoxy) is 1. The van der Waals surface area contributed by atoms with Crippen LogP contribution in [0.4, 0.5) is 0 Å². The van der Waals surface area contributed by atoms with E-state index in [9.17, 15) is 0 Å². The lowest BCUT2D eigenvalue weighted by atomic mass is 9.73. The van der Waals surface area contributed by atoms with Crippen LogP contribution in [0.25, 0.3) is 0 Å². The zero-order valence-electron chi connectivity index (χ0n) is 11.6. The fourth-order valence-electron chi connectivity index (χ4n) is 4.07. The quantitative estimate of drug-likeness (QED) is 0.815. The predicted molar refractivity (Wildman–Crippen MR) is 71.9 cm³/mol. The van der Waals surface area contributed by atoms with Crippen molar-refractivity contribution in [2.24, 2.45) is 17.6 Å². The molecule has 100 valence electrons. The van der Waals surface area contributed by atoms with Crippen molar-refractivity contribution >= 4 is 0 Å². The molecule has 0 radical (unpaired) electrons. The second kappa shape index (κ2) is 5.71. The molecule has 0 spiro atoms. The lowest BCUT2D eigenvalue weighted by Crippen LogP contribution is -2.53. The van der Waals surface area contributed by atoms with E-state index in [1.54, 1.807) is 0 Å². The first-order chi connectivity index (χ1) is 8.18. The second-order valence-electron chi connectivity index (χ2n) is 6.26. The highest BCUT2D eigenvalue weighted by Gasteiger charge is 2.44. The average molecular weight is 239 g/mol.